The molecule has 0 aliphatic heterocycles. The van der Waals surface area contributed by atoms with Gasteiger partial charge in [-0.25, -0.2) is 9.59 Å². The van der Waals surface area contributed by atoms with E-state index in [-0.39, 0.29) is 5.41 Å². The monoisotopic (exact) mass is 668 g/mol. The van der Waals surface area contributed by atoms with Gasteiger partial charge in [0.15, 0.2) is 0 Å². The van der Waals surface area contributed by atoms with Crippen LogP contribution in [0.1, 0.15) is 51.7 Å². The Bertz CT molecular complexity index is 1520. The van der Waals surface area contributed by atoms with Gasteiger partial charge in [0.05, 0.1) is 0 Å². The minimum atomic E-state index is -1.27. The number of hydrogen-bond donors (Lipinski definition) is 0. The molecular formula is C39H40O6S2. The zero-order chi connectivity index (χ0) is 33.9. The Kier molecular flexibility index (Phi) is 12.0. The molecular weight excluding hydrogens is 629 g/mol. The van der Waals surface area contributed by atoms with Crippen molar-refractivity contribution in [3.05, 3.63) is 146 Å². The molecule has 0 saturated heterocycles. The predicted octanol–water partition coefficient (Wildman–Crippen LogP) is 9.94. The summed E-state index contributed by atoms with van der Waals surface area (Å²) < 4.78 is 24.3. The third-order valence-corrected chi connectivity index (χ3v) is 9.99. The van der Waals surface area contributed by atoms with E-state index in [2.05, 4.69) is 27.0 Å². The summed E-state index contributed by atoms with van der Waals surface area (Å²) in [6, 6.07) is 34.9. The van der Waals surface area contributed by atoms with E-state index in [9.17, 15) is 9.59 Å². The minimum Gasteiger partial charge on any atom is -0.443 e. The van der Waals surface area contributed by atoms with Gasteiger partial charge >= 0.3 is 22.2 Å². The molecule has 0 fully saturated rings. The van der Waals surface area contributed by atoms with Crippen LogP contribution in [0.3, 0.4) is 0 Å². The van der Waals surface area contributed by atoms with Crippen molar-refractivity contribution in [1.29, 1.82) is 0 Å². The fourth-order valence-corrected chi connectivity index (χ4v) is 6.81. The summed E-state index contributed by atoms with van der Waals surface area (Å²) in [4.78, 5) is 26.4. The van der Waals surface area contributed by atoms with Gasteiger partial charge in [-0.1, -0.05) is 102 Å². The maximum Gasteiger partial charge on any atom is 0.334 e. The van der Waals surface area contributed by atoms with Crippen molar-refractivity contribution in [1.82, 2.24) is 0 Å². The molecule has 2 atom stereocenters. The smallest absolute Gasteiger partial charge is 0.334 e. The van der Waals surface area contributed by atoms with Crippen LogP contribution in [0.15, 0.2) is 144 Å². The van der Waals surface area contributed by atoms with E-state index in [0.717, 1.165) is 33.1 Å². The molecule has 0 saturated carbocycles. The lowest BCUT2D eigenvalue weighted by atomic mass is 9.78. The summed E-state index contributed by atoms with van der Waals surface area (Å²) in [5, 5.41) is -2.54. The molecule has 2 unspecified atom stereocenters. The molecule has 0 N–H and O–H groups in total. The SMILES string of the molecule is C=CC(=O)OC(CC)(Oc1ccc(C(C)(C)c2ccc(OC(CC)(OC(=O)C=C)Sc3ccccc3)cc2)cc1)Sc1ccccc1. The maximum atomic E-state index is 12.3. The lowest BCUT2D eigenvalue weighted by Crippen LogP contribution is -2.37. The molecule has 4 aromatic rings. The first-order chi connectivity index (χ1) is 22.6. The largest absolute Gasteiger partial charge is 0.443 e. The standard InChI is InChI=1S/C39H40O6S2/c1-7-35(40)44-38(9-3,46-33-17-13-11-14-18-33)42-31-25-21-29(22-26-31)37(5,6)30-23-27-32(28-24-30)43-39(10-4,45-36(41)8-2)47-34-19-15-12-16-20-34/h7-8,11-28H,1-2,9-10H2,3-6H3. The van der Waals surface area contributed by atoms with Crippen LogP contribution >= 0.6 is 23.5 Å². The van der Waals surface area contributed by atoms with Crippen LogP contribution in [0.4, 0.5) is 0 Å². The van der Waals surface area contributed by atoms with Gasteiger partial charge in [0.1, 0.15) is 11.5 Å². The Labute approximate surface area is 286 Å². The van der Waals surface area contributed by atoms with Gasteiger partial charge in [0.2, 0.25) is 0 Å². The van der Waals surface area contributed by atoms with Crippen LogP contribution in [0.2, 0.25) is 0 Å². The fraction of sp³-hybridized carbons (Fsp3) is 0.231. The number of carbonyl (C=O) groups excluding carboxylic acids is 2. The highest BCUT2D eigenvalue weighted by Crippen LogP contribution is 2.42. The van der Waals surface area contributed by atoms with Crippen molar-refractivity contribution in [2.24, 2.45) is 0 Å². The van der Waals surface area contributed by atoms with Crippen LogP contribution in [0.5, 0.6) is 11.5 Å². The van der Waals surface area contributed by atoms with Crippen molar-refractivity contribution < 1.29 is 28.5 Å². The van der Waals surface area contributed by atoms with Gasteiger partial charge in [-0.15, -0.1) is 0 Å². The molecule has 47 heavy (non-hydrogen) atoms. The van der Waals surface area contributed by atoms with Crippen molar-refractivity contribution in [2.45, 2.75) is 66.0 Å². The molecule has 0 heterocycles. The van der Waals surface area contributed by atoms with Gasteiger partial charge in [-0.05, 0) is 83.2 Å². The Hall–Kier alpha value is -4.40. The topological polar surface area (TPSA) is 71.1 Å². The maximum absolute atomic E-state index is 12.3. The van der Waals surface area contributed by atoms with E-state index in [1.54, 1.807) is 0 Å². The van der Waals surface area contributed by atoms with Gasteiger partial charge in [0.25, 0.3) is 0 Å². The second-order valence-electron chi connectivity index (χ2n) is 11.0. The zero-order valence-electron chi connectivity index (χ0n) is 27.1. The Balaban J connectivity index is 1.53. The number of esters is 2. The molecule has 244 valence electrons. The van der Waals surface area contributed by atoms with Crippen LogP contribution < -0.4 is 9.47 Å². The lowest BCUT2D eigenvalue weighted by Gasteiger charge is -2.32. The first kappa shape index (κ1) is 35.5. The molecule has 0 bridgehead atoms. The third kappa shape index (κ3) is 9.33. The number of thioether (sulfide) groups is 2. The molecule has 0 amide bonds. The molecule has 0 aromatic heterocycles. The van der Waals surface area contributed by atoms with Gasteiger partial charge < -0.3 is 18.9 Å². The molecule has 4 aromatic carbocycles. The van der Waals surface area contributed by atoms with E-state index in [0.29, 0.717) is 24.3 Å². The third-order valence-electron chi connectivity index (χ3n) is 7.44. The van der Waals surface area contributed by atoms with E-state index in [4.69, 9.17) is 18.9 Å². The van der Waals surface area contributed by atoms with E-state index < -0.39 is 22.2 Å². The summed E-state index contributed by atoms with van der Waals surface area (Å²) in [7, 11) is 0. The number of hydrogen-bond acceptors (Lipinski definition) is 8. The first-order valence-corrected chi connectivity index (χ1v) is 17.0. The quantitative estimate of drug-likeness (QED) is 0.0506. The van der Waals surface area contributed by atoms with Crippen molar-refractivity contribution in [3.8, 4) is 11.5 Å². The molecule has 0 radical (unpaired) electrons. The number of carbonyl (C=O) groups is 2. The van der Waals surface area contributed by atoms with Crippen molar-refractivity contribution >= 4 is 35.5 Å². The van der Waals surface area contributed by atoms with Gasteiger partial charge in [-0.2, -0.15) is 0 Å². The predicted molar refractivity (Wildman–Crippen MR) is 189 cm³/mol. The van der Waals surface area contributed by atoms with Crippen LogP contribution in [0, 0.1) is 0 Å². The average Bonchev–Trinajstić information content (AvgIpc) is 3.09. The lowest BCUT2D eigenvalue weighted by molar-refractivity contribution is -0.166. The molecule has 6 nitrogen and oxygen atoms in total. The second kappa shape index (κ2) is 15.9. The summed E-state index contributed by atoms with van der Waals surface area (Å²) >= 11 is 2.67. The van der Waals surface area contributed by atoms with Crippen LogP contribution in [0.25, 0.3) is 0 Å². The highest BCUT2D eigenvalue weighted by atomic mass is 32.2. The molecule has 0 aliphatic rings. The van der Waals surface area contributed by atoms with E-state index in [1.165, 1.54) is 23.5 Å². The molecule has 0 aliphatic carbocycles. The molecule has 8 heteroatoms. The minimum absolute atomic E-state index is 0.372. The highest BCUT2D eigenvalue weighted by Gasteiger charge is 2.38. The Morgan fingerprint density at radius 2 is 0.936 bits per heavy atom. The van der Waals surface area contributed by atoms with Gasteiger partial charge in [0, 0.05) is 40.2 Å². The average molecular weight is 669 g/mol. The van der Waals surface area contributed by atoms with Gasteiger partial charge in [-0.3, -0.25) is 0 Å². The van der Waals surface area contributed by atoms with E-state index in [1.807, 2.05) is 123 Å². The zero-order valence-corrected chi connectivity index (χ0v) is 28.8. The highest BCUT2D eigenvalue weighted by molar-refractivity contribution is 8.00. The Morgan fingerprint density at radius 1 is 0.596 bits per heavy atom. The first-order valence-electron chi connectivity index (χ1n) is 15.3. The Morgan fingerprint density at radius 3 is 1.23 bits per heavy atom. The van der Waals surface area contributed by atoms with Crippen LogP contribution in [-0.2, 0) is 24.5 Å². The second-order valence-corrected chi connectivity index (χ2v) is 13.6. The number of rotatable bonds is 16. The summed E-state index contributed by atoms with van der Waals surface area (Å²) in [6.45, 7) is 15.2. The van der Waals surface area contributed by atoms with Crippen molar-refractivity contribution in [3.63, 3.8) is 0 Å². The molecule has 4 rings (SSSR count). The summed E-state index contributed by atoms with van der Waals surface area (Å²) in [5.74, 6) is 0.0102. The van der Waals surface area contributed by atoms with Crippen LogP contribution in [-0.4, -0.2) is 22.2 Å². The normalized spacial score (nSPS) is 13.7. The summed E-state index contributed by atoms with van der Waals surface area (Å²) in [5.41, 5.74) is 1.74. The fourth-order valence-electron chi connectivity index (χ4n) is 4.69. The summed E-state index contributed by atoms with van der Waals surface area (Å²) in [6.07, 6.45) is 3.09. The molecule has 0 spiro atoms. The van der Waals surface area contributed by atoms with E-state index >= 15 is 0 Å². The number of benzene rings is 4. The van der Waals surface area contributed by atoms with Crippen molar-refractivity contribution in [2.75, 3.05) is 0 Å². The number of ether oxygens (including phenoxy) is 4.